The number of hydrogen-bond acceptors (Lipinski definition) is 2. The highest BCUT2D eigenvalue weighted by atomic mass is 16.2. The van der Waals surface area contributed by atoms with Gasteiger partial charge in [0.15, 0.2) is 0 Å². The highest BCUT2D eigenvalue weighted by molar-refractivity contribution is 5.80. The van der Waals surface area contributed by atoms with Gasteiger partial charge >= 0.3 is 0 Å². The number of likely N-dealkylation sites (N-methyl/N-ethyl adjacent to an activating group) is 2. The van der Waals surface area contributed by atoms with E-state index in [2.05, 4.69) is 17.3 Å². The maximum Gasteiger partial charge on any atom is 0.201 e. The van der Waals surface area contributed by atoms with Crippen LogP contribution in [0, 0.1) is 0 Å². The van der Waals surface area contributed by atoms with E-state index in [1.807, 2.05) is 4.90 Å². The fourth-order valence-corrected chi connectivity index (χ4v) is 1.29. The lowest BCUT2D eigenvalue weighted by atomic mass is 10.3. The summed E-state index contributed by atoms with van der Waals surface area (Å²) in [6, 6.07) is 0. The maximum atomic E-state index is 11.3. The van der Waals surface area contributed by atoms with Gasteiger partial charge in [0.05, 0.1) is 0 Å². The summed E-state index contributed by atoms with van der Waals surface area (Å²) in [6.07, 6.45) is 0. The van der Waals surface area contributed by atoms with Crippen molar-refractivity contribution in [2.75, 3.05) is 46.8 Å². The molecular weight excluding hydrogens is 154 g/mol. The van der Waals surface area contributed by atoms with Gasteiger partial charge in [-0.25, -0.2) is 0 Å². The van der Waals surface area contributed by atoms with E-state index in [1.165, 1.54) is 0 Å². The van der Waals surface area contributed by atoms with Crippen molar-refractivity contribution in [3.63, 3.8) is 0 Å². The first kappa shape index (κ1) is 9.48. The van der Waals surface area contributed by atoms with Gasteiger partial charge in [0.25, 0.3) is 0 Å². The third kappa shape index (κ3) is 2.46. The molecule has 12 heavy (non-hydrogen) atoms. The molecule has 70 valence electrons. The number of piperazine rings is 1. The first-order chi connectivity index (χ1) is 5.74. The quantitative estimate of drug-likeness (QED) is 0.574. The van der Waals surface area contributed by atoms with Crippen LogP contribution in [0.1, 0.15) is 0 Å². The summed E-state index contributed by atoms with van der Waals surface area (Å²) in [5.74, 6) is 0.158. The van der Waals surface area contributed by atoms with E-state index in [0.717, 1.165) is 26.2 Å². The topological polar surface area (TPSA) is 37.7 Å². The van der Waals surface area contributed by atoms with Crippen molar-refractivity contribution in [3.05, 3.63) is 5.32 Å². The summed E-state index contributed by atoms with van der Waals surface area (Å²) in [6.45, 7) is 4.00. The van der Waals surface area contributed by atoms with Gasteiger partial charge in [0.1, 0.15) is 0 Å². The minimum Gasteiger partial charge on any atom is -0.657 e. The largest absolute Gasteiger partial charge is 0.657 e. The van der Waals surface area contributed by atoms with Gasteiger partial charge in [0, 0.05) is 26.2 Å². The van der Waals surface area contributed by atoms with Crippen molar-refractivity contribution in [2.45, 2.75) is 0 Å². The first-order valence-electron chi connectivity index (χ1n) is 4.26. The minimum absolute atomic E-state index is 0.158. The van der Waals surface area contributed by atoms with Crippen LogP contribution in [0.4, 0.5) is 0 Å². The van der Waals surface area contributed by atoms with Crippen LogP contribution in [0.15, 0.2) is 0 Å². The van der Waals surface area contributed by atoms with Crippen molar-refractivity contribution < 1.29 is 4.79 Å². The SMILES string of the molecule is C[N-]CC(=O)N1CCN(C)CC1. The van der Waals surface area contributed by atoms with E-state index in [1.54, 1.807) is 7.05 Å². The molecule has 1 heterocycles. The van der Waals surface area contributed by atoms with Gasteiger partial charge in [0.2, 0.25) is 5.91 Å². The Labute approximate surface area is 73.5 Å². The lowest BCUT2D eigenvalue weighted by Gasteiger charge is -2.33. The summed E-state index contributed by atoms with van der Waals surface area (Å²) in [5, 5.41) is 3.83. The van der Waals surface area contributed by atoms with Crippen molar-refractivity contribution in [3.8, 4) is 0 Å². The smallest absolute Gasteiger partial charge is 0.201 e. The molecule has 4 nitrogen and oxygen atoms in total. The zero-order valence-corrected chi connectivity index (χ0v) is 7.79. The standard InChI is InChI=1S/C8H16N3O/c1-9-7-8(12)11-5-3-10(2)4-6-11/h3-7H2,1-2H3/q-1. The van der Waals surface area contributed by atoms with Crippen molar-refractivity contribution in [2.24, 2.45) is 0 Å². The van der Waals surface area contributed by atoms with Crippen molar-refractivity contribution >= 4 is 5.91 Å². The Morgan fingerprint density at radius 3 is 2.42 bits per heavy atom. The molecular formula is C8H16N3O-. The number of carbonyl (C=O) groups excluding carboxylic acids is 1. The van der Waals surface area contributed by atoms with Crippen LogP contribution in [0.3, 0.4) is 0 Å². The summed E-state index contributed by atoms with van der Waals surface area (Å²) in [5.41, 5.74) is 0. The monoisotopic (exact) mass is 170 g/mol. The highest BCUT2D eigenvalue weighted by Gasteiger charge is 2.15. The van der Waals surface area contributed by atoms with Crippen LogP contribution in [0.2, 0.25) is 0 Å². The molecule has 0 aromatic heterocycles. The summed E-state index contributed by atoms with van der Waals surface area (Å²) in [4.78, 5) is 15.4. The molecule has 0 spiro atoms. The van der Waals surface area contributed by atoms with Gasteiger partial charge in [-0.3, -0.25) is 4.79 Å². The van der Waals surface area contributed by atoms with Crippen LogP contribution in [-0.2, 0) is 4.79 Å². The van der Waals surface area contributed by atoms with Crippen LogP contribution in [0.25, 0.3) is 5.32 Å². The summed E-state index contributed by atoms with van der Waals surface area (Å²) in [7, 11) is 3.75. The number of rotatable bonds is 2. The second kappa shape index (κ2) is 4.42. The average molecular weight is 170 g/mol. The molecule has 0 aliphatic carbocycles. The van der Waals surface area contributed by atoms with Gasteiger partial charge in [-0.15, -0.1) is 0 Å². The molecule has 1 amide bonds. The second-order valence-electron chi connectivity index (χ2n) is 3.16. The van der Waals surface area contributed by atoms with E-state index in [0.29, 0.717) is 6.54 Å². The summed E-state index contributed by atoms with van der Waals surface area (Å²) < 4.78 is 0. The van der Waals surface area contributed by atoms with Gasteiger partial charge in [-0.05, 0) is 7.05 Å². The van der Waals surface area contributed by atoms with Crippen LogP contribution in [-0.4, -0.2) is 62.5 Å². The van der Waals surface area contributed by atoms with E-state index >= 15 is 0 Å². The maximum absolute atomic E-state index is 11.3. The molecule has 1 aliphatic heterocycles. The van der Waals surface area contributed by atoms with E-state index < -0.39 is 0 Å². The average Bonchev–Trinajstić information content (AvgIpc) is 2.06. The molecule has 4 heteroatoms. The van der Waals surface area contributed by atoms with Crippen molar-refractivity contribution in [1.82, 2.24) is 9.80 Å². The molecule has 0 aromatic rings. The zero-order valence-electron chi connectivity index (χ0n) is 7.79. The molecule has 0 saturated carbocycles. The normalized spacial score (nSPS) is 19.7. The molecule has 0 atom stereocenters. The Morgan fingerprint density at radius 2 is 1.92 bits per heavy atom. The van der Waals surface area contributed by atoms with E-state index in [9.17, 15) is 4.79 Å². The molecule has 1 fully saturated rings. The molecule has 0 radical (unpaired) electrons. The van der Waals surface area contributed by atoms with E-state index in [-0.39, 0.29) is 5.91 Å². The molecule has 0 unspecified atom stereocenters. The molecule has 1 aliphatic rings. The lowest BCUT2D eigenvalue weighted by Crippen LogP contribution is -2.47. The Hall–Kier alpha value is -0.610. The molecule has 1 rings (SSSR count). The Bertz CT molecular complexity index is 152. The molecule has 0 bridgehead atoms. The van der Waals surface area contributed by atoms with Crippen LogP contribution >= 0.6 is 0 Å². The van der Waals surface area contributed by atoms with Gasteiger partial charge < -0.3 is 15.1 Å². The third-order valence-electron chi connectivity index (χ3n) is 2.15. The second-order valence-corrected chi connectivity index (χ2v) is 3.16. The molecule has 1 saturated heterocycles. The fourth-order valence-electron chi connectivity index (χ4n) is 1.29. The Balaban J connectivity index is 2.29. The predicted octanol–water partition coefficient (Wildman–Crippen LogP) is -0.236. The highest BCUT2D eigenvalue weighted by Crippen LogP contribution is 2.00. The van der Waals surface area contributed by atoms with Crippen LogP contribution in [0.5, 0.6) is 0 Å². The minimum atomic E-state index is 0.158. The van der Waals surface area contributed by atoms with E-state index in [4.69, 9.17) is 0 Å². The van der Waals surface area contributed by atoms with Gasteiger partial charge in [-0.1, -0.05) is 6.54 Å². The van der Waals surface area contributed by atoms with Crippen LogP contribution < -0.4 is 0 Å². The number of nitrogens with zero attached hydrogens (tertiary/aromatic N) is 3. The Kier molecular flexibility index (Phi) is 3.49. The Morgan fingerprint density at radius 1 is 1.33 bits per heavy atom. The first-order valence-corrected chi connectivity index (χ1v) is 4.26. The number of hydrogen-bond donors (Lipinski definition) is 0. The molecule has 0 N–H and O–H groups in total. The predicted molar refractivity (Wildman–Crippen MR) is 48.2 cm³/mol. The number of carbonyl (C=O) groups is 1. The zero-order chi connectivity index (χ0) is 8.97. The third-order valence-corrected chi connectivity index (χ3v) is 2.15. The van der Waals surface area contributed by atoms with Gasteiger partial charge in [-0.2, -0.15) is 7.05 Å². The number of amides is 1. The van der Waals surface area contributed by atoms with Crippen molar-refractivity contribution in [1.29, 1.82) is 0 Å². The fraction of sp³-hybridized carbons (Fsp3) is 0.875. The molecule has 0 aromatic carbocycles. The summed E-state index contributed by atoms with van der Waals surface area (Å²) >= 11 is 0. The lowest BCUT2D eigenvalue weighted by molar-refractivity contribution is -0.130.